The molecule has 1 heterocycles. The molecule has 0 spiro atoms. The standard InChI is InChI=1S/C21H25NO3/c1-2-18(22-14-8-12-19(22)21(23)24)17-11-6-7-13-20(17)25-15-16-9-4-3-5-10-16/h3-7,9-11,13,18-19H,2,8,12,14-15H2,1H3,(H,23,24). The summed E-state index contributed by atoms with van der Waals surface area (Å²) >= 11 is 0. The number of rotatable bonds is 7. The van der Waals surface area contributed by atoms with Gasteiger partial charge in [0.05, 0.1) is 0 Å². The van der Waals surface area contributed by atoms with Gasteiger partial charge in [0.25, 0.3) is 0 Å². The molecule has 0 amide bonds. The highest BCUT2D eigenvalue weighted by molar-refractivity contribution is 5.74. The number of nitrogens with zero attached hydrogens (tertiary/aromatic N) is 1. The number of para-hydroxylation sites is 1. The quantitative estimate of drug-likeness (QED) is 0.818. The first-order chi connectivity index (χ1) is 12.2. The van der Waals surface area contributed by atoms with Gasteiger partial charge in [0, 0.05) is 11.6 Å². The zero-order valence-corrected chi connectivity index (χ0v) is 14.6. The number of benzene rings is 2. The molecule has 1 aliphatic rings. The Morgan fingerprint density at radius 3 is 2.64 bits per heavy atom. The summed E-state index contributed by atoms with van der Waals surface area (Å²) in [5, 5.41) is 9.52. The number of aliphatic carboxylic acids is 1. The van der Waals surface area contributed by atoms with Crippen molar-refractivity contribution in [3.63, 3.8) is 0 Å². The maximum absolute atomic E-state index is 11.6. The van der Waals surface area contributed by atoms with Crippen LogP contribution < -0.4 is 4.74 Å². The molecular weight excluding hydrogens is 314 g/mol. The van der Waals surface area contributed by atoms with Crippen molar-refractivity contribution >= 4 is 5.97 Å². The topological polar surface area (TPSA) is 49.8 Å². The summed E-state index contributed by atoms with van der Waals surface area (Å²) in [7, 11) is 0. The average molecular weight is 339 g/mol. The molecule has 1 N–H and O–H groups in total. The van der Waals surface area contributed by atoms with Crippen LogP contribution in [0.25, 0.3) is 0 Å². The molecule has 2 aromatic carbocycles. The number of ether oxygens (including phenoxy) is 1. The largest absolute Gasteiger partial charge is 0.489 e. The Morgan fingerprint density at radius 2 is 1.92 bits per heavy atom. The molecule has 2 unspecified atom stereocenters. The van der Waals surface area contributed by atoms with Crippen LogP contribution in [0, 0.1) is 0 Å². The molecule has 2 aromatic rings. The number of likely N-dealkylation sites (tertiary alicyclic amines) is 1. The molecular formula is C21H25NO3. The van der Waals surface area contributed by atoms with E-state index in [0.29, 0.717) is 6.61 Å². The molecule has 1 fully saturated rings. The minimum atomic E-state index is -0.723. The molecule has 0 bridgehead atoms. The van der Waals surface area contributed by atoms with Gasteiger partial charge in [0.1, 0.15) is 18.4 Å². The Morgan fingerprint density at radius 1 is 1.20 bits per heavy atom. The predicted octanol–water partition coefficient (Wildman–Crippen LogP) is 4.27. The first-order valence-corrected chi connectivity index (χ1v) is 8.95. The van der Waals surface area contributed by atoms with Crippen molar-refractivity contribution < 1.29 is 14.6 Å². The van der Waals surface area contributed by atoms with E-state index in [0.717, 1.165) is 42.7 Å². The van der Waals surface area contributed by atoms with E-state index in [1.165, 1.54) is 0 Å². The molecule has 0 saturated carbocycles. The van der Waals surface area contributed by atoms with Crippen molar-refractivity contribution in [2.45, 2.75) is 44.9 Å². The van der Waals surface area contributed by atoms with Crippen LogP contribution in [0.1, 0.15) is 43.4 Å². The van der Waals surface area contributed by atoms with Crippen LogP contribution >= 0.6 is 0 Å². The summed E-state index contributed by atoms with van der Waals surface area (Å²) in [6.07, 6.45) is 2.51. The van der Waals surface area contributed by atoms with Gasteiger partial charge in [-0.05, 0) is 37.4 Å². The second-order valence-corrected chi connectivity index (χ2v) is 6.47. The van der Waals surface area contributed by atoms with E-state index in [1.54, 1.807) is 0 Å². The maximum atomic E-state index is 11.6. The Balaban J connectivity index is 1.81. The lowest BCUT2D eigenvalue weighted by atomic mass is 10.0. The third-order valence-electron chi connectivity index (χ3n) is 4.88. The zero-order chi connectivity index (χ0) is 17.6. The molecule has 25 heavy (non-hydrogen) atoms. The van der Waals surface area contributed by atoms with Gasteiger partial charge in [-0.15, -0.1) is 0 Å². The van der Waals surface area contributed by atoms with Gasteiger partial charge < -0.3 is 9.84 Å². The number of carboxylic acid groups (broad SMARTS) is 1. The first-order valence-electron chi connectivity index (χ1n) is 8.95. The molecule has 4 heteroatoms. The van der Waals surface area contributed by atoms with Gasteiger partial charge in [-0.3, -0.25) is 9.69 Å². The van der Waals surface area contributed by atoms with Crippen molar-refractivity contribution in [1.82, 2.24) is 4.90 Å². The van der Waals surface area contributed by atoms with E-state index >= 15 is 0 Å². The Bertz CT molecular complexity index is 701. The predicted molar refractivity (Wildman–Crippen MR) is 97.6 cm³/mol. The minimum Gasteiger partial charge on any atom is -0.489 e. The molecule has 0 radical (unpaired) electrons. The van der Waals surface area contributed by atoms with Gasteiger partial charge >= 0.3 is 5.97 Å². The molecule has 4 nitrogen and oxygen atoms in total. The van der Waals surface area contributed by atoms with E-state index in [-0.39, 0.29) is 6.04 Å². The lowest BCUT2D eigenvalue weighted by Gasteiger charge is -2.31. The number of hydrogen-bond donors (Lipinski definition) is 1. The van der Waals surface area contributed by atoms with Gasteiger partial charge in [-0.25, -0.2) is 0 Å². The zero-order valence-electron chi connectivity index (χ0n) is 14.6. The minimum absolute atomic E-state index is 0.0653. The van der Waals surface area contributed by atoms with Crippen molar-refractivity contribution in [3.05, 3.63) is 65.7 Å². The number of hydrogen-bond acceptors (Lipinski definition) is 3. The Labute approximate surface area is 149 Å². The second-order valence-electron chi connectivity index (χ2n) is 6.47. The summed E-state index contributed by atoms with van der Waals surface area (Å²) in [5.41, 5.74) is 2.20. The highest BCUT2D eigenvalue weighted by atomic mass is 16.5. The fraction of sp³-hybridized carbons (Fsp3) is 0.381. The van der Waals surface area contributed by atoms with Crippen LogP contribution in [0.2, 0.25) is 0 Å². The smallest absolute Gasteiger partial charge is 0.320 e. The highest BCUT2D eigenvalue weighted by Gasteiger charge is 2.36. The van der Waals surface area contributed by atoms with Crippen LogP contribution in [-0.2, 0) is 11.4 Å². The average Bonchev–Trinajstić information content (AvgIpc) is 3.12. The lowest BCUT2D eigenvalue weighted by molar-refractivity contribution is -0.143. The molecule has 0 aromatic heterocycles. The number of carboxylic acids is 1. The Hall–Kier alpha value is -2.33. The normalized spacial score (nSPS) is 18.8. The van der Waals surface area contributed by atoms with Gasteiger partial charge in [-0.2, -0.15) is 0 Å². The fourth-order valence-corrected chi connectivity index (χ4v) is 3.68. The van der Waals surface area contributed by atoms with Crippen LogP contribution in [0.4, 0.5) is 0 Å². The monoisotopic (exact) mass is 339 g/mol. The van der Waals surface area contributed by atoms with Gasteiger partial charge in [0.15, 0.2) is 0 Å². The molecule has 1 aliphatic heterocycles. The van der Waals surface area contributed by atoms with E-state index in [9.17, 15) is 9.90 Å². The third-order valence-corrected chi connectivity index (χ3v) is 4.88. The Kier molecular flexibility index (Phi) is 5.71. The summed E-state index contributed by atoms with van der Waals surface area (Å²) in [6, 6.07) is 17.8. The van der Waals surface area contributed by atoms with Gasteiger partial charge in [0.2, 0.25) is 0 Å². The maximum Gasteiger partial charge on any atom is 0.320 e. The van der Waals surface area contributed by atoms with Crippen molar-refractivity contribution in [1.29, 1.82) is 0 Å². The van der Waals surface area contributed by atoms with Crippen molar-refractivity contribution in [2.24, 2.45) is 0 Å². The van der Waals surface area contributed by atoms with Crippen molar-refractivity contribution in [3.8, 4) is 5.75 Å². The molecule has 3 rings (SSSR count). The lowest BCUT2D eigenvalue weighted by Crippen LogP contribution is -2.38. The van der Waals surface area contributed by atoms with Gasteiger partial charge in [-0.1, -0.05) is 55.5 Å². The van der Waals surface area contributed by atoms with Crippen LogP contribution in [-0.4, -0.2) is 28.6 Å². The highest BCUT2D eigenvalue weighted by Crippen LogP contribution is 2.36. The summed E-state index contributed by atoms with van der Waals surface area (Å²) in [4.78, 5) is 13.7. The number of carbonyl (C=O) groups is 1. The molecule has 2 atom stereocenters. The van der Waals surface area contributed by atoms with E-state index < -0.39 is 12.0 Å². The molecule has 132 valence electrons. The molecule has 0 aliphatic carbocycles. The van der Waals surface area contributed by atoms with Crippen LogP contribution in [0.15, 0.2) is 54.6 Å². The van der Waals surface area contributed by atoms with Crippen LogP contribution in [0.3, 0.4) is 0 Å². The van der Waals surface area contributed by atoms with E-state index in [2.05, 4.69) is 17.9 Å². The fourth-order valence-electron chi connectivity index (χ4n) is 3.68. The van der Waals surface area contributed by atoms with Crippen LogP contribution in [0.5, 0.6) is 5.75 Å². The summed E-state index contributed by atoms with van der Waals surface area (Å²) in [5.74, 6) is 0.118. The summed E-state index contributed by atoms with van der Waals surface area (Å²) < 4.78 is 6.09. The molecule has 1 saturated heterocycles. The SMILES string of the molecule is CCC(c1ccccc1OCc1ccccc1)N1CCCC1C(=O)O. The van der Waals surface area contributed by atoms with Crippen molar-refractivity contribution in [2.75, 3.05) is 6.54 Å². The third kappa shape index (κ3) is 4.02. The van der Waals surface area contributed by atoms with E-state index in [4.69, 9.17) is 4.74 Å². The summed E-state index contributed by atoms with van der Waals surface area (Å²) in [6.45, 7) is 3.44. The van der Waals surface area contributed by atoms with E-state index in [1.807, 2.05) is 48.5 Å². The second kappa shape index (κ2) is 8.17. The first kappa shape index (κ1) is 17.5.